The van der Waals surface area contributed by atoms with Crippen LogP contribution >= 0.6 is 27.7 Å². The molecule has 0 saturated heterocycles. The van der Waals surface area contributed by atoms with Crippen molar-refractivity contribution >= 4 is 27.7 Å². The van der Waals surface area contributed by atoms with Crippen LogP contribution in [0.4, 0.5) is 4.39 Å². The smallest absolute Gasteiger partial charge is 0.198 e. The second-order valence-electron chi connectivity index (χ2n) is 5.11. The van der Waals surface area contributed by atoms with Gasteiger partial charge in [-0.15, -0.1) is 16.8 Å². The van der Waals surface area contributed by atoms with E-state index in [1.165, 1.54) is 6.33 Å². The van der Waals surface area contributed by atoms with Gasteiger partial charge in [0.05, 0.1) is 5.69 Å². The maximum Gasteiger partial charge on any atom is 0.198 e. The van der Waals surface area contributed by atoms with E-state index in [2.05, 4.69) is 42.7 Å². The van der Waals surface area contributed by atoms with Gasteiger partial charge in [0.25, 0.3) is 0 Å². The molecule has 1 aromatic carbocycles. The Morgan fingerprint density at radius 2 is 2.00 bits per heavy atom. The second-order valence-corrected chi connectivity index (χ2v) is 6.98. The summed E-state index contributed by atoms with van der Waals surface area (Å²) >= 11 is 4.55. The molecule has 0 N–H and O–H groups in total. The van der Waals surface area contributed by atoms with Crippen LogP contribution in [0.2, 0.25) is 0 Å². The number of benzene rings is 1. The molecule has 0 amide bonds. The van der Waals surface area contributed by atoms with E-state index in [4.69, 9.17) is 0 Å². The summed E-state index contributed by atoms with van der Waals surface area (Å²) in [6.07, 6.45) is 3.63. The Kier molecular flexibility index (Phi) is 5.60. The molecule has 0 aliphatic rings. The number of aryl methyl sites for hydroxylation is 1. The molecule has 3 rings (SSSR count). The van der Waals surface area contributed by atoms with Crippen molar-refractivity contribution in [1.29, 1.82) is 0 Å². The molecule has 0 radical (unpaired) electrons. The molecule has 0 aliphatic heterocycles. The molecule has 0 unspecified atom stereocenters. The van der Waals surface area contributed by atoms with Crippen molar-refractivity contribution < 1.29 is 4.39 Å². The summed E-state index contributed by atoms with van der Waals surface area (Å²) in [7, 11) is 0. The van der Waals surface area contributed by atoms with E-state index in [0.29, 0.717) is 29.6 Å². The van der Waals surface area contributed by atoms with E-state index in [-0.39, 0.29) is 5.03 Å². The third kappa shape index (κ3) is 3.80. The van der Waals surface area contributed by atoms with E-state index in [9.17, 15) is 4.39 Å². The third-order valence-corrected chi connectivity index (χ3v) is 4.97. The molecule has 3 aromatic rings. The first-order valence-corrected chi connectivity index (χ1v) is 9.22. The van der Waals surface area contributed by atoms with E-state index in [1.54, 1.807) is 6.08 Å². The van der Waals surface area contributed by atoms with Crippen LogP contribution in [-0.2, 0) is 13.0 Å². The molecule has 0 aliphatic carbocycles. The maximum absolute atomic E-state index is 14.4. The van der Waals surface area contributed by atoms with Crippen LogP contribution in [0.15, 0.2) is 57.9 Å². The lowest BCUT2D eigenvalue weighted by molar-refractivity contribution is 0.558. The molecule has 8 heteroatoms. The predicted molar refractivity (Wildman–Crippen MR) is 98.8 cm³/mol. The molecule has 0 fully saturated rings. The summed E-state index contributed by atoms with van der Waals surface area (Å²) in [5.41, 5.74) is 1.31. The van der Waals surface area contributed by atoms with Gasteiger partial charge in [-0.25, -0.2) is 14.4 Å². The quantitative estimate of drug-likeness (QED) is 0.433. The van der Waals surface area contributed by atoms with E-state index >= 15 is 0 Å². The molecule has 0 bridgehead atoms. The second kappa shape index (κ2) is 7.88. The highest BCUT2D eigenvalue weighted by atomic mass is 79.9. The Morgan fingerprint density at radius 3 is 2.68 bits per heavy atom. The van der Waals surface area contributed by atoms with Crippen molar-refractivity contribution in [2.24, 2.45) is 0 Å². The molecule has 0 atom stereocenters. The van der Waals surface area contributed by atoms with E-state index < -0.39 is 5.82 Å². The van der Waals surface area contributed by atoms with Gasteiger partial charge < -0.3 is 0 Å². The summed E-state index contributed by atoms with van der Waals surface area (Å²) in [6.45, 7) is 6.15. The molecule has 5 nitrogen and oxygen atoms in total. The zero-order chi connectivity index (χ0) is 17.8. The van der Waals surface area contributed by atoms with Gasteiger partial charge in [0.1, 0.15) is 11.4 Å². The highest BCUT2D eigenvalue weighted by Gasteiger charge is 2.18. The lowest BCUT2D eigenvalue weighted by Gasteiger charge is -2.08. The Bertz CT molecular complexity index is 895. The first kappa shape index (κ1) is 17.8. The molecule has 128 valence electrons. The predicted octanol–water partition coefficient (Wildman–Crippen LogP) is 4.54. The number of allylic oxidation sites excluding steroid dienone is 1. The number of aromatic nitrogens is 5. The number of halogens is 2. The summed E-state index contributed by atoms with van der Waals surface area (Å²) in [5.74, 6) is 0.286. The molecule has 0 spiro atoms. The maximum atomic E-state index is 14.4. The monoisotopic (exact) mass is 419 g/mol. The van der Waals surface area contributed by atoms with Gasteiger partial charge in [-0.05, 0) is 30.3 Å². The summed E-state index contributed by atoms with van der Waals surface area (Å²) in [5, 5.41) is 9.28. The van der Waals surface area contributed by atoms with Crippen LogP contribution in [0.5, 0.6) is 0 Å². The van der Waals surface area contributed by atoms with Crippen LogP contribution in [0.3, 0.4) is 0 Å². The fourth-order valence-corrected chi connectivity index (χ4v) is 3.36. The lowest BCUT2D eigenvalue weighted by Crippen LogP contribution is -2.02. The minimum absolute atomic E-state index is 0.243. The summed E-state index contributed by atoms with van der Waals surface area (Å²) in [4.78, 5) is 8.00. The van der Waals surface area contributed by atoms with Crippen molar-refractivity contribution in [3.63, 3.8) is 0 Å². The average molecular weight is 420 g/mol. The molecular formula is C17H15BrFN5S. The number of hydrogen-bond donors (Lipinski definition) is 0. The fraction of sp³-hybridized carbons (Fsp3) is 0.176. The van der Waals surface area contributed by atoms with Crippen LogP contribution in [0.1, 0.15) is 12.6 Å². The van der Waals surface area contributed by atoms with Gasteiger partial charge in [-0.3, -0.25) is 4.57 Å². The Labute approximate surface area is 157 Å². The van der Waals surface area contributed by atoms with Gasteiger partial charge in [-0.2, -0.15) is 0 Å². The molecule has 2 heterocycles. The van der Waals surface area contributed by atoms with Gasteiger partial charge in [-0.1, -0.05) is 41.1 Å². The average Bonchev–Trinajstić information content (AvgIpc) is 3.00. The molecular weight excluding hydrogens is 405 g/mol. The highest BCUT2D eigenvalue weighted by Crippen LogP contribution is 2.31. The Hall–Kier alpha value is -2.06. The molecule has 2 aromatic heterocycles. The zero-order valence-electron chi connectivity index (χ0n) is 13.5. The number of rotatable bonds is 6. The highest BCUT2D eigenvalue weighted by molar-refractivity contribution is 9.10. The van der Waals surface area contributed by atoms with Gasteiger partial charge in [0.2, 0.25) is 0 Å². The molecule has 0 saturated carbocycles. The first-order valence-electron chi connectivity index (χ1n) is 7.61. The third-order valence-electron chi connectivity index (χ3n) is 3.48. The Morgan fingerprint density at radius 1 is 1.24 bits per heavy atom. The van der Waals surface area contributed by atoms with E-state index in [1.807, 2.05) is 35.8 Å². The van der Waals surface area contributed by atoms with Crippen LogP contribution < -0.4 is 0 Å². The largest absolute Gasteiger partial charge is 0.298 e. The van der Waals surface area contributed by atoms with Gasteiger partial charge in [0.15, 0.2) is 16.8 Å². The lowest BCUT2D eigenvalue weighted by atomic mass is 10.2. The minimum Gasteiger partial charge on any atom is -0.298 e. The van der Waals surface area contributed by atoms with Gasteiger partial charge in [0, 0.05) is 16.6 Å². The van der Waals surface area contributed by atoms with Crippen LogP contribution in [0, 0.1) is 5.82 Å². The minimum atomic E-state index is -0.409. The number of nitrogens with zero attached hydrogens (tertiary/aromatic N) is 5. The zero-order valence-corrected chi connectivity index (χ0v) is 15.9. The topological polar surface area (TPSA) is 56.5 Å². The van der Waals surface area contributed by atoms with E-state index in [0.717, 1.165) is 21.8 Å². The summed E-state index contributed by atoms with van der Waals surface area (Å²) in [6, 6.07) is 7.77. The van der Waals surface area contributed by atoms with Crippen molar-refractivity contribution in [2.45, 2.75) is 30.1 Å². The van der Waals surface area contributed by atoms with Crippen LogP contribution in [0.25, 0.3) is 11.4 Å². The van der Waals surface area contributed by atoms with Crippen LogP contribution in [-0.4, -0.2) is 24.7 Å². The molecule has 25 heavy (non-hydrogen) atoms. The standard InChI is InChI=1S/C17H15BrFN5S/c1-3-9-24-15(11-5-7-12(18)8-6-11)22-23-17(24)25-16-14(19)13(4-2)20-10-21-16/h3,5-8,10H,1,4,9H2,2H3. The fourth-order valence-electron chi connectivity index (χ4n) is 2.26. The van der Waals surface area contributed by atoms with Crippen molar-refractivity contribution in [2.75, 3.05) is 0 Å². The Balaban J connectivity index is 2.00. The normalized spacial score (nSPS) is 10.8. The van der Waals surface area contributed by atoms with Crippen molar-refractivity contribution in [3.8, 4) is 11.4 Å². The SMILES string of the molecule is C=CCn1c(Sc2ncnc(CC)c2F)nnc1-c1ccc(Br)cc1. The summed E-state index contributed by atoms with van der Waals surface area (Å²) < 4.78 is 17.3. The first-order chi connectivity index (χ1) is 12.1. The van der Waals surface area contributed by atoms with Crippen molar-refractivity contribution in [1.82, 2.24) is 24.7 Å². The van der Waals surface area contributed by atoms with Crippen molar-refractivity contribution in [3.05, 3.63) is 59.2 Å². The number of hydrogen-bond acceptors (Lipinski definition) is 5. The van der Waals surface area contributed by atoms with Gasteiger partial charge >= 0.3 is 0 Å².